The van der Waals surface area contributed by atoms with Gasteiger partial charge in [-0.3, -0.25) is 9.59 Å². The van der Waals surface area contributed by atoms with Crippen molar-refractivity contribution in [3.05, 3.63) is 93.9 Å². The van der Waals surface area contributed by atoms with Gasteiger partial charge in [-0.25, -0.2) is 4.98 Å². The zero-order chi connectivity index (χ0) is 30.2. The van der Waals surface area contributed by atoms with Crippen molar-refractivity contribution in [3.63, 3.8) is 0 Å². The molecule has 0 unspecified atom stereocenters. The van der Waals surface area contributed by atoms with Crippen LogP contribution in [0.5, 0.6) is 0 Å². The number of thiazole rings is 1. The number of likely N-dealkylation sites (tertiary alicyclic amines) is 1. The predicted octanol–water partition coefficient (Wildman–Crippen LogP) is 5.06. The lowest BCUT2D eigenvalue weighted by molar-refractivity contribution is -0.127. The molecule has 0 spiro atoms. The Balaban J connectivity index is 1.29. The Bertz CT molecular complexity index is 1690. The molecule has 228 valence electrons. The number of hydrogen-bond donors (Lipinski definition) is 2. The number of carbonyl (C=O) groups excluding carboxylic acids is 1. The third-order valence-electron chi connectivity index (χ3n) is 9.39. The largest absolute Gasteiger partial charge is 0.396 e. The third-order valence-corrected chi connectivity index (χ3v) is 10.8. The quantitative estimate of drug-likeness (QED) is 0.283. The van der Waals surface area contributed by atoms with Crippen molar-refractivity contribution in [2.45, 2.75) is 37.9 Å². The van der Waals surface area contributed by atoms with Crippen LogP contribution in [0.1, 0.15) is 31.0 Å². The molecule has 10 heteroatoms. The molecule has 4 aromatic rings. The number of nitrogens with zero attached hydrogens (tertiary/aromatic N) is 4. The van der Waals surface area contributed by atoms with Gasteiger partial charge in [-0.05, 0) is 49.7 Å². The molecule has 2 fully saturated rings. The molecular formula is C34H36ClN5O3S. The smallest absolute Gasteiger partial charge is 0.250 e. The number of pyridine rings is 1. The van der Waals surface area contributed by atoms with Gasteiger partial charge in [0.1, 0.15) is 0 Å². The minimum Gasteiger partial charge on any atom is -0.396 e. The number of piperidine rings is 1. The average Bonchev–Trinajstić information content (AvgIpc) is 3.59. The second kappa shape index (κ2) is 12.5. The number of aromatic nitrogens is 2. The van der Waals surface area contributed by atoms with E-state index in [-0.39, 0.29) is 30.0 Å². The maximum atomic E-state index is 14.0. The summed E-state index contributed by atoms with van der Waals surface area (Å²) in [6, 6.07) is 22.4. The fourth-order valence-corrected chi connectivity index (χ4v) is 8.58. The molecule has 5 heterocycles. The molecule has 0 saturated carbocycles. The Kier molecular flexibility index (Phi) is 8.29. The van der Waals surface area contributed by atoms with E-state index in [4.69, 9.17) is 16.6 Å². The fourth-order valence-electron chi connectivity index (χ4n) is 7.27. The van der Waals surface area contributed by atoms with E-state index >= 15 is 0 Å². The van der Waals surface area contributed by atoms with Crippen LogP contribution >= 0.6 is 22.9 Å². The van der Waals surface area contributed by atoms with Crippen molar-refractivity contribution in [2.24, 2.45) is 11.8 Å². The number of hydrogen-bond acceptors (Lipinski definition) is 7. The van der Waals surface area contributed by atoms with Crippen LogP contribution in [0.3, 0.4) is 0 Å². The summed E-state index contributed by atoms with van der Waals surface area (Å²) in [5.41, 5.74) is 3.53. The lowest BCUT2D eigenvalue weighted by Crippen LogP contribution is -2.46. The van der Waals surface area contributed by atoms with Crippen LogP contribution in [-0.4, -0.2) is 64.3 Å². The maximum Gasteiger partial charge on any atom is 0.250 e. The Morgan fingerprint density at radius 3 is 2.50 bits per heavy atom. The molecule has 1 amide bonds. The van der Waals surface area contributed by atoms with E-state index in [0.717, 1.165) is 52.2 Å². The predicted molar refractivity (Wildman–Crippen MR) is 175 cm³/mol. The first-order valence-corrected chi connectivity index (χ1v) is 16.6. The van der Waals surface area contributed by atoms with E-state index in [9.17, 15) is 14.7 Å². The maximum absolute atomic E-state index is 14.0. The normalized spacial score (nSPS) is 23.0. The highest BCUT2D eigenvalue weighted by Crippen LogP contribution is 2.53. The van der Waals surface area contributed by atoms with E-state index in [0.29, 0.717) is 18.1 Å². The lowest BCUT2D eigenvalue weighted by atomic mass is 9.86. The number of rotatable bonds is 8. The molecule has 3 aliphatic rings. The number of nitrogens with one attached hydrogen (secondary N) is 1. The number of halogens is 1. The second-order valence-electron chi connectivity index (χ2n) is 11.9. The van der Waals surface area contributed by atoms with Crippen LogP contribution < -0.4 is 15.8 Å². The van der Waals surface area contributed by atoms with Gasteiger partial charge in [0.05, 0.1) is 28.6 Å². The van der Waals surface area contributed by atoms with Crippen molar-refractivity contribution in [2.75, 3.05) is 37.7 Å². The minimum atomic E-state index is -0.537. The molecule has 2 aromatic carbocycles. The highest BCUT2D eigenvalue weighted by molar-refractivity contribution is 7.19. The molecule has 3 aliphatic heterocycles. The van der Waals surface area contributed by atoms with Crippen molar-refractivity contribution < 1.29 is 9.90 Å². The van der Waals surface area contributed by atoms with Crippen LogP contribution in [0.25, 0.3) is 21.7 Å². The number of fused-ring (bicyclic) bond motifs is 4. The molecule has 7 rings (SSSR count). The first-order valence-electron chi connectivity index (χ1n) is 15.4. The van der Waals surface area contributed by atoms with Gasteiger partial charge in [-0.15, -0.1) is 0 Å². The number of aliphatic hydroxyl groups excluding tert-OH is 1. The standard InChI is InChI=1S/C34H36ClN5O3S/c35-24-14-12-22(13-15-24)30-32(23-8-3-1-4-9-23)44-34(37-30)40-27-20-39-26(10-7-11-28(39)42)31(40)29(25(27)21-41)33(43)36-16-19-38-17-5-2-6-18-38/h1,3-4,7-15,25,27,29,31,41H,2,5-6,16-21H2,(H,36,43)/t25-,27-,29+,31+/m0/s1. The van der Waals surface area contributed by atoms with Crippen molar-refractivity contribution in [1.82, 2.24) is 19.8 Å². The Morgan fingerprint density at radius 2 is 1.75 bits per heavy atom. The number of carbonyl (C=O) groups is 1. The summed E-state index contributed by atoms with van der Waals surface area (Å²) in [5.74, 6) is -0.983. The highest BCUT2D eigenvalue weighted by Gasteiger charge is 2.56. The first-order chi connectivity index (χ1) is 21.5. The van der Waals surface area contributed by atoms with Crippen LogP contribution in [0.2, 0.25) is 5.02 Å². The molecule has 0 aliphatic carbocycles. The number of amides is 1. The first kappa shape index (κ1) is 29.2. The fraction of sp³-hybridized carbons (Fsp3) is 0.382. The summed E-state index contributed by atoms with van der Waals surface area (Å²) in [4.78, 5) is 37.9. The minimum absolute atomic E-state index is 0.0823. The molecule has 2 saturated heterocycles. The van der Waals surface area contributed by atoms with Crippen LogP contribution in [-0.2, 0) is 11.3 Å². The van der Waals surface area contributed by atoms with Crippen molar-refractivity contribution in [3.8, 4) is 21.7 Å². The van der Waals surface area contributed by atoms with Crippen molar-refractivity contribution >= 4 is 34.0 Å². The molecule has 4 atom stereocenters. The van der Waals surface area contributed by atoms with Crippen molar-refractivity contribution in [1.29, 1.82) is 0 Å². The van der Waals surface area contributed by atoms with Gasteiger partial charge in [0.25, 0.3) is 5.56 Å². The van der Waals surface area contributed by atoms with Crippen LogP contribution in [0.4, 0.5) is 5.13 Å². The van der Waals surface area contributed by atoms with Gasteiger partial charge >= 0.3 is 0 Å². The van der Waals surface area contributed by atoms with Gasteiger partial charge in [-0.2, -0.15) is 0 Å². The van der Waals surface area contributed by atoms with E-state index in [1.807, 2.05) is 48.5 Å². The Morgan fingerprint density at radius 1 is 0.977 bits per heavy atom. The Labute approximate surface area is 265 Å². The average molecular weight is 630 g/mol. The summed E-state index contributed by atoms with van der Waals surface area (Å²) in [6.07, 6.45) is 3.66. The van der Waals surface area contributed by atoms with Gasteiger partial charge in [0, 0.05) is 54.5 Å². The van der Waals surface area contributed by atoms with Gasteiger partial charge < -0.3 is 24.8 Å². The van der Waals surface area contributed by atoms with E-state index in [1.54, 1.807) is 28.0 Å². The summed E-state index contributed by atoms with van der Waals surface area (Å²) in [5, 5.41) is 15.4. The SMILES string of the molecule is O=C(NCCN1CCCCC1)[C@@H]1[C@@H](CO)[C@@H]2Cn3c(cccc3=O)[C@H]1N2c1nc(-c2ccc(Cl)cc2)c(-c2ccccc2)s1. The van der Waals surface area contributed by atoms with E-state index < -0.39 is 12.0 Å². The summed E-state index contributed by atoms with van der Waals surface area (Å²) in [7, 11) is 0. The zero-order valence-corrected chi connectivity index (χ0v) is 26.0. The van der Waals surface area contributed by atoms with E-state index in [1.165, 1.54) is 19.3 Å². The topological polar surface area (TPSA) is 90.7 Å². The molecule has 2 aromatic heterocycles. The monoisotopic (exact) mass is 629 g/mol. The molecule has 2 bridgehead atoms. The molecule has 44 heavy (non-hydrogen) atoms. The lowest BCUT2D eigenvalue weighted by Gasteiger charge is -2.38. The van der Waals surface area contributed by atoms with Crippen LogP contribution in [0, 0.1) is 11.8 Å². The number of anilines is 1. The van der Waals surface area contributed by atoms with Crippen LogP contribution in [0.15, 0.2) is 77.6 Å². The summed E-state index contributed by atoms with van der Waals surface area (Å²) in [6.45, 7) is 3.72. The molecular weight excluding hydrogens is 594 g/mol. The Hall–Kier alpha value is -3.50. The molecule has 2 N–H and O–H groups in total. The number of aliphatic hydroxyl groups is 1. The van der Waals surface area contributed by atoms with Gasteiger partial charge in [0.2, 0.25) is 5.91 Å². The zero-order valence-electron chi connectivity index (χ0n) is 24.4. The van der Waals surface area contributed by atoms with Gasteiger partial charge in [-0.1, -0.05) is 77.9 Å². The van der Waals surface area contributed by atoms with E-state index in [2.05, 4.69) is 27.2 Å². The second-order valence-corrected chi connectivity index (χ2v) is 13.3. The summed E-state index contributed by atoms with van der Waals surface area (Å²) < 4.78 is 1.78. The molecule has 0 radical (unpaired) electrons. The summed E-state index contributed by atoms with van der Waals surface area (Å²) >= 11 is 7.81. The molecule has 8 nitrogen and oxygen atoms in total. The van der Waals surface area contributed by atoms with Gasteiger partial charge in [0.15, 0.2) is 5.13 Å². The third kappa shape index (κ3) is 5.36. The number of benzene rings is 2. The highest BCUT2D eigenvalue weighted by atomic mass is 35.5.